The molecule has 1 atom stereocenters. The van der Waals surface area contributed by atoms with Crippen LogP contribution in [0.15, 0.2) is 12.1 Å². The van der Waals surface area contributed by atoms with Crippen LogP contribution >= 0.6 is 11.6 Å². The van der Waals surface area contributed by atoms with Crippen LogP contribution in [0.25, 0.3) is 0 Å². The zero-order valence-electron chi connectivity index (χ0n) is 12.1. The average Bonchev–Trinajstić information content (AvgIpc) is 2.46. The van der Waals surface area contributed by atoms with E-state index in [1.165, 1.54) is 40.3 Å². The second-order valence-corrected chi connectivity index (χ2v) is 4.65. The lowest BCUT2D eigenvalue weighted by Gasteiger charge is -2.22. The first-order valence-electron chi connectivity index (χ1n) is 6.00. The molecule has 0 bridgehead atoms. The summed E-state index contributed by atoms with van der Waals surface area (Å²) in [5, 5.41) is 11.8. The summed E-state index contributed by atoms with van der Waals surface area (Å²) in [6.45, 7) is 1.40. The third-order valence-electron chi connectivity index (χ3n) is 2.97. The lowest BCUT2D eigenvalue weighted by atomic mass is 10.2. The number of likely N-dealkylation sites (N-methyl/N-ethyl adjacent to an activating group) is 1. The van der Waals surface area contributed by atoms with Crippen molar-refractivity contribution < 1.29 is 24.2 Å². The second-order valence-electron chi connectivity index (χ2n) is 4.24. The van der Waals surface area contributed by atoms with Crippen LogP contribution < -0.4 is 14.8 Å². The van der Waals surface area contributed by atoms with Gasteiger partial charge in [0.25, 0.3) is 0 Å². The highest BCUT2D eigenvalue weighted by Crippen LogP contribution is 2.35. The van der Waals surface area contributed by atoms with Crippen molar-refractivity contribution in [3.8, 4) is 11.5 Å². The Hall–Kier alpha value is -2.15. The molecule has 0 spiro atoms. The minimum Gasteiger partial charge on any atom is -0.495 e. The van der Waals surface area contributed by atoms with Crippen LogP contribution in [0.3, 0.4) is 0 Å². The van der Waals surface area contributed by atoms with E-state index in [4.69, 9.17) is 26.2 Å². The number of carbonyl (C=O) groups excluding carboxylic acids is 1. The highest BCUT2D eigenvalue weighted by atomic mass is 35.5. The number of aliphatic carboxylic acids is 1. The van der Waals surface area contributed by atoms with Crippen molar-refractivity contribution in [3.63, 3.8) is 0 Å². The normalized spacial score (nSPS) is 11.5. The molecular formula is C13H17ClN2O5. The lowest BCUT2D eigenvalue weighted by molar-refractivity contribution is -0.141. The van der Waals surface area contributed by atoms with E-state index in [2.05, 4.69) is 5.32 Å². The minimum absolute atomic E-state index is 0.327. The van der Waals surface area contributed by atoms with Crippen LogP contribution in [0.1, 0.15) is 6.92 Å². The molecule has 0 aromatic heterocycles. The Balaban J connectivity index is 3.01. The Morgan fingerprint density at radius 2 is 1.86 bits per heavy atom. The fourth-order valence-electron chi connectivity index (χ4n) is 1.50. The first kappa shape index (κ1) is 16.9. The van der Waals surface area contributed by atoms with Gasteiger partial charge < -0.3 is 24.8 Å². The number of carboxylic acid groups (broad SMARTS) is 1. The van der Waals surface area contributed by atoms with Gasteiger partial charge in [0.1, 0.15) is 17.5 Å². The Labute approximate surface area is 127 Å². The first-order valence-corrected chi connectivity index (χ1v) is 6.37. The van der Waals surface area contributed by atoms with Gasteiger partial charge in [-0.05, 0) is 6.92 Å². The Morgan fingerprint density at radius 3 is 2.33 bits per heavy atom. The van der Waals surface area contributed by atoms with Gasteiger partial charge in [-0.25, -0.2) is 9.59 Å². The van der Waals surface area contributed by atoms with Crippen LogP contribution in [0, 0.1) is 0 Å². The van der Waals surface area contributed by atoms with Crippen molar-refractivity contribution in [1.29, 1.82) is 0 Å². The van der Waals surface area contributed by atoms with Crippen LogP contribution in [0.4, 0.5) is 10.5 Å². The van der Waals surface area contributed by atoms with E-state index < -0.39 is 18.0 Å². The molecule has 116 valence electrons. The molecule has 1 unspecified atom stereocenters. The Morgan fingerprint density at radius 1 is 1.29 bits per heavy atom. The topological polar surface area (TPSA) is 88.1 Å². The molecule has 1 rings (SSSR count). The number of amides is 2. The molecule has 0 fully saturated rings. The van der Waals surface area contributed by atoms with E-state index in [9.17, 15) is 9.59 Å². The van der Waals surface area contributed by atoms with Gasteiger partial charge >= 0.3 is 12.0 Å². The number of nitrogens with one attached hydrogen (secondary N) is 1. The predicted octanol–water partition coefficient (Wildman–Crippen LogP) is 2.29. The van der Waals surface area contributed by atoms with Crippen LogP contribution in [-0.4, -0.2) is 49.3 Å². The fraction of sp³-hybridized carbons (Fsp3) is 0.385. The molecule has 0 aliphatic heterocycles. The summed E-state index contributed by atoms with van der Waals surface area (Å²) < 4.78 is 10.2. The van der Waals surface area contributed by atoms with Crippen LogP contribution in [-0.2, 0) is 4.79 Å². The minimum atomic E-state index is -1.10. The van der Waals surface area contributed by atoms with Crippen molar-refractivity contribution in [3.05, 3.63) is 17.2 Å². The Bertz CT molecular complexity index is 550. The van der Waals surface area contributed by atoms with Crippen molar-refractivity contribution >= 4 is 29.3 Å². The summed E-state index contributed by atoms with van der Waals surface area (Å²) in [5.74, 6) is -0.402. The zero-order chi connectivity index (χ0) is 16.2. The number of nitrogens with zero attached hydrogens (tertiary/aromatic N) is 1. The monoisotopic (exact) mass is 316 g/mol. The number of urea groups is 1. The van der Waals surface area contributed by atoms with Gasteiger partial charge in [0, 0.05) is 19.2 Å². The molecule has 7 nitrogen and oxygen atoms in total. The predicted molar refractivity (Wildman–Crippen MR) is 78.4 cm³/mol. The summed E-state index contributed by atoms with van der Waals surface area (Å²) in [7, 11) is 4.25. The maximum absolute atomic E-state index is 12.0. The smallest absolute Gasteiger partial charge is 0.326 e. The third-order valence-corrected chi connectivity index (χ3v) is 3.27. The second kappa shape index (κ2) is 7.03. The van der Waals surface area contributed by atoms with Gasteiger partial charge in [0.2, 0.25) is 0 Å². The molecule has 2 N–H and O–H groups in total. The number of benzene rings is 1. The molecule has 0 heterocycles. The van der Waals surface area contributed by atoms with Gasteiger partial charge in [0.05, 0.1) is 24.9 Å². The number of halogens is 1. The lowest BCUT2D eigenvalue weighted by Crippen LogP contribution is -2.42. The maximum atomic E-state index is 12.0. The van der Waals surface area contributed by atoms with Crippen LogP contribution in [0.5, 0.6) is 11.5 Å². The Kier molecular flexibility index (Phi) is 5.66. The number of carbonyl (C=O) groups is 2. The van der Waals surface area contributed by atoms with E-state index in [0.29, 0.717) is 22.2 Å². The molecule has 21 heavy (non-hydrogen) atoms. The SMILES string of the molecule is COc1cc(NC(=O)N(C)C(C)C(=O)O)c(OC)cc1Cl. The summed E-state index contributed by atoms with van der Waals surface area (Å²) in [5.41, 5.74) is 0.327. The van der Waals surface area contributed by atoms with E-state index in [0.717, 1.165) is 4.90 Å². The van der Waals surface area contributed by atoms with Gasteiger partial charge in [-0.1, -0.05) is 11.6 Å². The summed E-state index contributed by atoms with van der Waals surface area (Å²) in [6.07, 6.45) is 0. The van der Waals surface area contributed by atoms with Crippen LogP contribution in [0.2, 0.25) is 5.02 Å². The molecule has 1 aromatic rings. The van der Waals surface area contributed by atoms with Crippen molar-refractivity contribution in [2.75, 3.05) is 26.6 Å². The number of hydrogen-bond donors (Lipinski definition) is 2. The number of ether oxygens (including phenoxy) is 2. The molecule has 0 aliphatic carbocycles. The van der Waals surface area contributed by atoms with E-state index in [1.807, 2.05) is 0 Å². The molecule has 0 radical (unpaired) electrons. The standard InChI is InChI=1S/C13H17ClN2O5/c1-7(12(17)18)16(2)13(19)15-9-6-10(20-3)8(14)5-11(9)21-4/h5-7H,1-4H3,(H,15,19)(H,17,18). The molecule has 0 saturated heterocycles. The molecular weight excluding hydrogens is 300 g/mol. The number of rotatable bonds is 5. The van der Waals surface area contributed by atoms with Crippen molar-refractivity contribution in [2.24, 2.45) is 0 Å². The van der Waals surface area contributed by atoms with Gasteiger partial charge in [-0.2, -0.15) is 0 Å². The maximum Gasteiger partial charge on any atom is 0.326 e. The highest BCUT2D eigenvalue weighted by Gasteiger charge is 2.23. The van der Waals surface area contributed by atoms with Crippen molar-refractivity contribution in [2.45, 2.75) is 13.0 Å². The van der Waals surface area contributed by atoms with Gasteiger partial charge in [-0.3, -0.25) is 0 Å². The first-order chi connectivity index (χ1) is 9.81. The molecule has 8 heteroatoms. The molecule has 0 aliphatic rings. The quantitative estimate of drug-likeness (QED) is 0.870. The zero-order valence-corrected chi connectivity index (χ0v) is 12.9. The fourth-order valence-corrected chi connectivity index (χ4v) is 1.73. The highest BCUT2D eigenvalue weighted by molar-refractivity contribution is 6.32. The summed E-state index contributed by atoms with van der Waals surface area (Å²) in [6, 6.07) is 1.44. The van der Waals surface area contributed by atoms with E-state index in [1.54, 1.807) is 0 Å². The van der Waals surface area contributed by atoms with Gasteiger partial charge in [0.15, 0.2) is 0 Å². The number of hydrogen-bond acceptors (Lipinski definition) is 4. The third kappa shape index (κ3) is 3.91. The largest absolute Gasteiger partial charge is 0.495 e. The van der Waals surface area contributed by atoms with E-state index >= 15 is 0 Å². The number of anilines is 1. The molecule has 0 saturated carbocycles. The summed E-state index contributed by atoms with van der Waals surface area (Å²) in [4.78, 5) is 24.0. The molecule has 1 aromatic carbocycles. The van der Waals surface area contributed by atoms with Gasteiger partial charge in [-0.15, -0.1) is 0 Å². The number of carboxylic acids is 1. The average molecular weight is 317 g/mol. The van der Waals surface area contributed by atoms with Crippen molar-refractivity contribution in [1.82, 2.24) is 4.90 Å². The molecule has 2 amide bonds. The van der Waals surface area contributed by atoms with E-state index in [-0.39, 0.29) is 0 Å². The summed E-state index contributed by atoms with van der Waals surface area (Å²) >= 11 is 5.97. The number of methoxy groups -OCH3 is 2.